The zero-order valence-corrected chi connectivity index (χ0v) is 13.8. The Morgan fingerprint density at radius 2 is 1.72 bits per heavy atom. The van der Waals surface area contributed by atoms with Gasteiger partial charge in [-0.15, -0.1) is 0 Å². The van der Waals surface area contributed by atoms with Crippen LogP contribution < -0.4 is 5.32 Å². The molecule has 1 N–H and O–H groups in total. The Balaban J connectivity index is 1.87. The van der Waals surface area contributed by atoms with E-state index in [-0.39, 0.29) is 38.6 Å². The maximum absolute atomic E-state index is 12.5. The number of halogens is 4. The van der Waals surface area contributed by atoms with E-state index in [0.29, 0.717) is 5.69 Å². The van der Waals surface area contributed by atoms with Crippen molar-refractivity contribution in [2.24, 2.45) is 0 Å². The lowest BCUT2D eigenvalue weighted by Crippen LogP contribution is -2.25. The number of alkyl halides is 3. The number of hydrogen-bond donors (Lipinski definition) is 1. The standard InChI is InChI=1S/C16H8ClF3N2O2S/c17-11-13(14(23)10-2-1-7-21-12(10)15(11)24)22-8-3-5-9(6-4-8)25-16(18,19)20/h1-7,22H. The van der Waals surface area contributed by atoms with Crippen molar-refractivity contribution in [3.63, 3.8) is 0 Å². The molecule has 128 valence electrons. The van der Waals surface area contributed by atoms with Crippen LogP contribution in [0.25, 0.3) is 0 Å². The van der Waals surface area contributed by atoms with Crippen molar-refractivity contribution >= 4 is 40.6 Å². The summed E-state index contributed by atoms with van der Waals surface area (Å²) in [6, 6.07) is 8.20. The molecule has 2 aromatic rings. The fourth-order valence-electron chi connectivity index (χ4n) is 2.22. The highest BCUT2D eigenvalue weighted by Gasteiger charge is 2.33. The van der Waals surface area contributed by atoms with E-state index in [0.717, 1.165) is 0 Å². The molecule has 0 radical (unpaired) electrons. The number of thioether (sulfide) groups is 1. The average Bonchev–Trinajstić information content (AvgIpc) is 2.57. The minimum atomic E-state index is -4.39. The van der Waals surface area contributed by atoms with Gasteiger partial charge in [0.15, 0.2) is 0 Å². The predicted octanol–water partition coefficient (Wildman–Crippen LogP) is 4.64. The molecule has 1 aliphatic rings. The number of allylic oxidation sites excluding steroid dienone is 2. The number of nitrogens with one attached hydrogen (secondary N) is 1. The number of fused-ring (bicyclic) bond motifs is 1. The molecule has 0 atom stereocenters. The van der Waals surface area contributed by atoms with Gasteiger partial charge in [0.2, 0.25) is 11.6 Å². The molecule has 0 fully saturated rings. The number of rotatable bonds is 3. The molecule has 1 heterocycles. The molecular formula is C16H8ClF3N2O2S. The van der Waals surface area contributed by atoms with Crippen LogP contribution in [0, 0.1) is 0 Å². The van der Waals surface area contributed by atoms with Gasteiger partial charge in [0.25, 0.3) is 0 Å². The third-order valence-corrected chi connectivity index (χ3v) is 4.37. The van der Waals surface area contributed by atoms with E-state index in [1.807, 2.05) is 0 Å². The molecule has 0 unspecified atom stereocenters. The van der Waals surface area contributed by atoms with Gasteiger partial charge in [0.05, 0.1) is 5.56 Å². The minimum Gasteiger partial charge on any atom is -0.351 e. The summed E-state index contributed by atoms with van der Waals surface area (Å²) in [4.78, 5) is 28.5. The van der Waals surface area contributed by atoms with Crippen molar-refractivity contribution in [3.8, 4) is 0 Å². The van der Waals surface area contributed by atoms with Crippen LogP contribution in [-0.4, -0.2) is 22.1 Å². The van der Waals surface area contributed by atoms with Gasteiger partial charge >= 0.3 is 5.51 Å². The summed E-state index contributed by atoms with van der Waals surface area (Å²) in [5.41, 5.74) is -4.11. The summed E-state index contributed by atoms with van der Waals surface area (Å²) in [6.07, 6.45) is 1.38. The average molecular weight is 385 g/mol. The van der Waals surface area contributed by atoms with E-state index < -0.39 is 17.1 Å². The molecule has 9 heteroatoms. The Morgan fingerprint density at radius 3 is 2.36 bits per heavy atom. The zero-order chi connectivity index (χ0) is 18.2. The molecule has 25 heavy (non-hydrogen) atoms. The van der Waals surface area contributed by atoms with Crippen molar-refractivity contribution in [1.29, 1.82) is 0 Å². The number of carbonyl (C=O) groups excluding carboxylic acids is 2. The second-order valence-electron chi connectivity index (χ2n) is 4.94. The molecule has 0 bridgehead atoms. The van der Waals surface area contributed by atoms with Gasteiger partial charge in [0.1, 0.15) is 16.4 Å². The molecule has 1 aromatic heterocycles. The van der Waals surface area contributed by atoms with Crippen LogP contribution in [0.4, 0.5) is 18.9 Å². The van der Waals surface area contributed by atoms with Gasteiger partial charge in [-0.2, -0.15) is 13.2 Å². The van der Waals surface area contributed by atoms with Crippen LogP contribution in [0.3, 0.4) is 0 Å². The number of nitrogens with zero attached hydrogens (tertiary/aromatic N) is 1. The second-order valence-corrected chi connectivity index (χ2v) is 6.46. The van der Waals surface area contributed by atoms with Crippen LogP contribution in [0.5, 0.6) is 0 Å². The number of ketones is 2. The van der Waals surface area contributed by atoms with Gasteiger partial charge < -0.3 is 5.32 Å². The van der Waals surface area contributed by atoms with Crippen LogP contribution in [-0.2, 0) is 0 Å². The normalized spacial score (nSPS) is 14.6. The first-order valence-corrected chi connectivity index (χ1v) is 8.03. The number of Topliss-reactive ketones (excluding diaryl/α,β-unsaturated/α-hetero) is 2. The Kier molecular flexibility index (Phi) is 4.57. The maximum Gasteiger partial charge on any atom is 0.446 e. The van der Waals surface area contributed by atoms with E-state index in [1.165, 1.54) is 42.6 Å². The molecule has 1 aromatic carbocycles. The lowest BCUT2D eigenvalue weighted by atomic mass is 9.97. The fourth-order valence-corrected chi connectivity index (χ4v) is 2.98. The van der Waals surface area contributed by atoms with Crippen molar-refractivity contribution in [2.75, 3.05) is 5.32 Å². The summed E-state index contributed by atoms with van der Waals surface area (Å²) in [5, 5.41) is 2.39. The maximum atomic E-state index is 12.5. The lowest BCUT2D eigenvalue weighted by molar-refractivity contribution is -0.0328. The number of benzene rings is 1. The number of anilines is 1. The first-order valence-electron chi connectivity index (χ1n) is 6.83. The minimum absolute atomic E-state index is 0.00119. The van der Waals surface area contributed by atoms with Crippen molar-refractivity contribution < 1.29 is 22.8 Å². The third kappa shape index (κ3) is 3.69. The van der Waals surface area contributed by atoms with Crippen LogP contribution in [0.1, 0.15) is 20.8 Å². The van der Waals surface area contributed by atoms with E-state index >= 15 is 0 Å². The van der Waals surface area contributed by atoms with Crippen LogP contribution >= 0.6 is 23.4 Å². The molecule has 0 saturated heterocycles. The molecule has 4 nitrogen and oxygen atoms in total. The van der Waals surface area contributed by atoms with Gasteiger partial charge in [-0.25, -0.2) is 0 Å². The van der Waals surface area contributed by atoms with Crippen molar-refractivity contribution in [2.45, 2.75) is 10.4 Å². The van der Waals surface area contributed by atoms with Crippen LogP contribution in [0.2, 0.25) is 0 Å². The molecule has 0 aliphatic heterocycles. The van der Waals surface area contributed by atoms with E-state index in [2.05, 4.69) is 10.3 Å². The Morgan fingerprint density at radius 1 is 1.04 bits per heavy atom. The quantitative estimate of drug-likeness (QED) is 0.781. The highest BCUT2D eigenvalue weighted by Crippen LogP contribution is 2.37. The smallest absolute Gasteiger partial charge is 0.351 e. The summed E-state index contributed by atoms with van der Waals surface area (Å²) in [6.45, 7) is 0. The zero-order valence-electron chi connectivity index (χ0n) is 12.2. The third-order valence-electron chi connectivity index (χ3n) is 3.27. The largest absolute Gasteiger partial charge is 0.446 e. The van der Waals surface area contributed by atoms with Gasteiger partial charge in [-0.1, -0.05) is 11.6 Å². The predicted molar refractivity (Wildman–Crippen MR) is 87.8 cm³/mol. The highest BCUT2D eigenvalue weighted by molar-refractivity contribution is 8.00. The van der Waals surface area contributed by atoms with Gasteiger partial charge in [-0.05, 0) is 48.2 Å². The Bertz CT molecular complexity index is 895. The Hall–Kier alpha value is -2.32. The van der Waals surface area contributed by atoms with Crippen molar-refractivity contribution in [3.05, 3.63) is 64.6 Å². The SMILES string of the molecule is O=C1C(Nc2ccc(SC(F)(F)F)cc2)=C(Cl)C(=O)c2ncccc21. The number of pyridine rings is 1. The lowest BCUT2D eigenvalue weighted by Gasteiger charge is -2.18. The van der Waals surface area contributed by atoms with Crippen molar-refractivity contribution in [1.82, 2.24) is 4.98 Å². The monoisotopic (exact) mass is 384 g/mol. The first-order chi connectivity index (χ1) is 11.8. The van der Waals surface area contributed by atoms with Crippen LogP contribution in [0.15, 0.2) is 58.2 Å². The molecular weight excluding hydrogens is 377 g/mol. The number of carbonyl (C=O) groups is 2. The Labute approximate surface area is 149 Å². The van der Waals surface area contributed by atoms with E-state index in [9.17, 15) is 22.8 Å². The number of aromatic nitrogens is 1. The van der Waals surface area contributed by atoms with E-state index in [1.54, 1.807) is 0 Å². The molecule has 3 rings (SSSR count). The molecule has 0 amide bonds. The summed E-state index contributed by atoms with van der Waals surface area (Å²) in [5.74, 6) is -1.11. The second kappa shape index (κ2) is 6.53. The molecule has 1 aliphatic carbocycles. The first kappa shape index (κ1) is 17.5. The topological polar surface area (TPSA) is 59.1 Å². The summed E-state index contributed by atoms with van der Waals surface area (Å²) >= 11 is 5.73. The van der Waals surface area contributed by atoms with Gasteiger partial charge in [0, 0.05) is 16.8 Å². The summed E-state index contributed by atoms with van der Waals surface area (Å²) in [7, 11) is 0. The van der Waals surface area contributed by atoms with E-state index in [4.69, 9.17) is 11.6 Å². The summed E-state index contributed by atoms with van der Waals surface area (Å²) < 4.78 is 37.0. The fraction of sp³-hybridized carbons (Fsp3) is 0.0625. The number of hydrogen-bond acceptors (Lipinski definition) is 5. The highest BCUT2D eigenvalue weighted by atomic mass is 35.5. The molecule has 0 spiro atoms. The van der Waals surface area contributed by atoms with Gasteiger partial charge in [-0.3, -0.25) is 14.6 Å². The molecule has 0 saturated carbocycles.